The lowest BCUT2D eigenvalue weighted by Crippen LogP contribution is -2.70. The second kappa shape index (κ2) is 80.6. The SMILES string of the molecule is CCC(C)C(=O)OCCC(F)(F)C(F)(F)C(F)(F)C(F)(F)C(F)(F)C(F)(F)F.CCC(C)C(=O)OCCCOCCCOCCCOCCCOCCCOCCCOCCCOCCCOCCCOCCCOCCCOCCCOCCCOCCCOCCCOCCCOCCCOCCCOCCCOCCCOC. The third-order valence-electron chi connectivity index (χ3n) is 16.4. The van der Waals surface area contributed by atoms with Gasteiger partial charge in [-0.2, -0.15) is 57.1 Å². The van der Waals surface area contributed by atoms with Crippen LogP contribution >= 0.6 is 0 Å². The van der Waals surface area contributed by atoms with Gasteiger partial charge in [-0.3, -0.25) is 9.59 Å². The van der Waals surface area contributed by atoms with Gasteiger partial charge in [-0.15, -0.1) is 0 Å². The highest BCUT2D eigenvalue weighted by Crippen LogP contribution is 2.60. The first-order valence-corrected chi connectivity index (χ1v) is 41.6. The Morgan fingerprint density at radius 3 is 0.517 bits per heavy atom. The number of alkyl halides is 13. The minimum Gasteiger partial charge on any atom is -0.465 e. The molecule has 0 rings (SSSR count). The number of hydrogen-bond donors (Lipinski definition) is 0. The molecule has 0 saturated carbocycles. The third-order valence-corrected chi connectivity index (χ3v) is 16.4. The molecule has 116 heavy (non-hydrogen) atoms. The van der Waals surface area contributed by atoms with E-state index in [2.05, 4.69) is 4.74 Å². The Labute approximate surface area is 681 Å². The van der Waals surface area contributed by atoms with E-state index in [0.29, 0.717) is 231 Å². The molecule has 0 fully saturated rings. The molecule has 0 aliphatic carbocycles. The van der Waals surface area contributed by atoms with Crippen molar-refractivity contribution in [1.29, 1.82) is 0 Å². The van der Waals surface area contributed by atoms with Crippen LogP contribution in [-0.4, -0.2) is 326 Å². The number of methoxy groups -OCH3 is 1. The standard InChI is InChI=1S/C66H132O22.C13H13F13O2/c1-4-65(2)66(67)88-64-24-63-87-62-23-61-86-60-22-59-85-58-21-57-84-56-20-55-83-54-19-53-82-52-18-51-81-50-17-49-80-48-16-47-79-46-15-45-78-44-14-43-77-42-13-41-76-40-12-39-75-38-11-37-74-36-10-35-73-34-9-33-72-32-8-31-71-30-7-29-70-28-6-27-69-26-5-25-68-3;1-3-6(2)7(27)28-5-4-8(14,15)9(16,17)10(18,19)11(20,21)12(22,23)13(24,25)26/h65H,4-64H2,1-3H3;6H,3-5H2,1-2H3. The van der Waals surface area contributed by atoms with Gasteiger partial charge >= 0.3 is 47.7 Å². The molecular weight excluding hydrogens is 1580 g/mol. The average Bonchev–Trinajstić information content (AvgIpc) is 0.712. The summed E-state index contributed by atoms with van der Waals surface area (Å²) in [5.74, 6) is -39.5. The van der Waals surface area contributed by atoms with Crippen molar-refractivity contribution in [2.75, 3.05) is 278 Å². The summed E-state index contributed by atoms with van der Waals surface area (Å²) in [5.41, 5.74) is 0. The van der Waals surface area contributed by atoms with E-state index < -0.39 is 60.7 Å². The van der Waals surface area contributed by atoms with E-state index in [-0.39, 0.29) is 18.3 Å². The van der Waals surface area contributed by atoms with E-state index >= 15 is 0 Å². The Balaban J connectivity index is 0. The second-order valence-electron chi connectivity index (χ2n) is 26.9. The maximum absolute atomic E-state index is 13.4. The molecule has 0 aliphatic heterocycles. The van der Waals surface area contributed by atoms with Crippen molar-refractivity contribution in [3.63, 3.8) is 0 Å². The lowest BCUT2D eigenvalue weighted by atomic mass is 9.93. The van der Waals surface area contributed by atoms with Gasteiger partial charge < -0.3 is 104 Å². The molecule has 37 heteroatoms. The van der Waals surface area contributed by atoms with Crippen LogP contribution in [0.1, 0.15) is 175 Å². The summed E-state index contributed by atoms with van der Waals surface area (Å²) < 4.78 is 289. The van der Waals surface area contributed by atoms with Crippen molar-refractivity contribution in [2.45, 2.75) is 211 Å². The molecule has 0 N–H and O–H groups in total. The number of hydrogen-bond acceptors (Lipinski definition) is 24. The Bertz CT molecular complexity index is 2100. The Hall–Kier alpha value is -2.77. The van der Waals surface area contributed by atoms with Crippen molar-refractivity contribution >= 4 is 11.9 Å². The largest absolute Gasteiger partial charge is 0.465 e. The van der Waals surface area contributed by atoms with Crippen LogP contribution in [0.25, 0.3) is 0 Å². The zero-order chi connectivity index (χ0) is 86.1. The highest BCUT2D eigenvalue weighted by atomic mass is 19.4. The maximum atomic E-state index is 13.4. The zero-order valence-corrected chi connectivity index (χ0v) is 70.1. The first kappa shape index (κ1) is 115. The number of ether oxygens (including phenoxy) is 22. The molecule has 24 nitrogen and oxygen atoms in total. The number of carbonyl (C=O) groups is 2. The molecule has 696 valence electrons. The van der Waals surface area contributed by atoms with E-state index in [9.17, 15) is 66.7 Å². The summed E-state index contributed by atoms with van der Waals surface area (Å²) in [6.45, 7) is 32.4. The van der Waals surface area contributed by atoms with Crippen LogP contribution in [0.5, 0.6) is 0 Å². The van der Waals surface area contributed by atoms with Crippen molar-refractivity contribution < 1.29 is 171 Å². The molecule has 0 bridgehead atoms. The highest BCUT2D eigenvalue weighted by molar-refractivity contribution is 5.72. The van der Waals surface area contributed by atoms with E-state index in [1.54, 1.807) is 7.11 Å². The summed E-state index contributed by atoms with van der Waals surface area (Å²) in [6, 6.07) is 0. The number of esters is 2. The molecule has 0 aromatic carbocycles. The van der Waals surface area contributed by atoms with Crippen molar-refractivity contribution in [2.24, 2.45) is 11.8 Å². The fourth-order valence-corrected chi connectivity index (χ4v) is 9.17. The van der Waals surface area contributed by atoms with Gasteiger partial charge in [0.2, 0.25) is 0 Å². The second-order valence-corrected chi connectivity index (χ2v) is 26.9. The van der Waals surface area contributed by atoms with E-state index in [4.69, 9.17) is 99.5 Å². The number of carbonyl (C=O) groups excluding carboxylic acids is 2. The fourth-order valence-electron chi connectivity index (χ4n) is 9.17. The van der Waals surface area contributed by atoms with Gasteiger partial charge in [-0.05, 0) is 135 Å². The Morgan fingerprint density at radius 1 is 0.216 bits per heavy atom. The molecule has 0 amide bonds. The smallest absolute Gasteiger partial charge is 0.460 e. The van der Waals surface area contributed by atoms with Gasteiger partial charge in [0.05, 0.1) is 31.5 Å². The summed E-state index contributed by atoms with van der Waals surface area (Å²) in [6.07, 6.45) is 8.48. The van der Waals surface area contributed by atoms with Gasteiger partial charge in [0.1, 0.15) is 0 Å². The molecular formula is C79H145F13O24. The first-order chi connectivity index (χ1) is 55.8. The van der Waals surface area contributed by atoms with Gasteiger partial charge in [0.25, 0.3) is 0 Å². The molecule has 0 aromatic rings. The van der Waals surface area contributed by atoms with Crippen LogP contribution in [0.2, 0.25) is 0 Å². The fraction of sp³-hybridized carbons (Fsp3) is 0.975. The molecule has 2 atom stereocenters. The quantitative estimate of drug-likeness (QED) is 0.0312. The predicted molar refractivity (Wildman–Crippen MR) is 406 cm³/mol. The van der Waals surface area contributed by atoms with Gasteiger partial charge in [0.15, 0.2) is 0 Å². The topological polar surface area (TPSA) is 237 Å². The highest BCUT2D eigenvalue weighted by Gasteiger charge is 2.90. The van der Waals surface area contributed by atoms with Crippen LogP contribution in [0.15, 0.2) is 0 Å². The third kappa shape index (κ3) is 65.9. The van der Waals surface area contributed by atoms with Crippen LogP contribution in [0.3, 0.4) is 0 Å². The monoisotopic (exact) mass is 1720 g/mol. The van der Waals surface area contributed by atoms with Crippen molar-refractivity contribution in [3.8, 4) is 0 Å². The summed E-state index contributed by atoms with van der Waals surface area (Å²) in [4.78, 5) is 22.8. The van der Waals surface area contributed by atoms with Gasteiger partial charge in [0, 0.05) is 271 Å². The number of halogens is 13. The lowest BCUT2D eigenvalue weighted by molar-refractivity contribution is -0.440. The molecule has 0 spiro atoms. The molecule has 0 aromatic heterocycles. The number of rotatable bonds is 91. The first-order valence-electron chi connectivity index (χ1n) is 41.6. The van der Waals surface area contributed by atoms with Crippen LogP contribution in [-0.2, 0) is 114 Å². The molecule has 2 unspecified atom stereocenters. The molecule has 0 aliphatic rings. The lowest BCUT2D eigenvalue weighted by Gasteiger charge is -2.39. The van der Waals surface area contributed by atoms with Crippen LogP contribution in [0.4, 0.5) is 57.1 Å². The molecule has 0 radical (unpaired) electrons. The maximum Gasteiger partial charge on any atom is 0.460 e. The van der Waals surface area contributed by atoms with Crippen molar-refractivity contribution in [1.82, 2.24) is 0 Å². The average molecular weight is 1730 g/mol. The molecule has 0 saturated heterocycles. The van der Waals surface area contributed by atoms with E-state index in [1.807, 2.05) is 13.8 Å². The van der Waals surface area contributed by atoms with E-state index in [0.717, 1.165) is 168 Å². The molecule has 0 heterocycles. The van der Waals surface area contributed by atoms with E-state index in [1.165, 1.54) is 13.8 Å². The van der Waals surface area contributed by atoms with Crippen LogP contribution < -0.4 is 0 Å². The normalized spacial score (nSPS) is 13.1. The summed E-state index contributed by atoms with van der Waals surface area (Å²) >= 11 is 0. The summed E-state index contributed by atoms with van der Waals surface area (Å²) in [7, 11) is 1.71. The minimum absolute atomic E-state index is 0.0378. The Morgan fingerprint density at radius 2 is 0.362 bits per heavy atom. The van der Waals surface area contributed by atoms with Crippen LogP contribution in [0, 0.1) is 11.8 Å². The van der Waals surface area contributed by atoms with Gasteiger partial charge in [-0.25, -0.2) is 0 Å². The van der Waals surface area contributed by atoms with Gasteiger partial charge in [-0.1, -0.05) is 27.7 Å². The summed E-state index contributed by atoms with van der Waals surface area (Å²) in [5, 5.41) is 0. The van der Waals surface area contributed by atoms with Crippen molar-refractivity contribution in [3.05, 3.63) is 0 Å². The minimum atomic E-state index is -7.93. The zero-order valence-electron chi connectivity index (χ0n) is 70.1. The Kier molecular flexibility index (Phi) is 80.1. The predicted octanol–water partition coefficient (Wildman–Crippen LogP) is 15.0.